The molecule has 0 unspecified atom stereocenters. The lowest BCUT2D eigenvalue weighted by Gasteiger charge is -2.29. The zero-order valence-corrected chi connectivity index (χ0v) is 18.0. The molecule has 0 atom stereocenters. The zero-order chi connectivity index (χ0) is 22.5. The minimum atomic E-state index is -0.644. The largest absolute Gasteiger partial charge is 0.494 e. The summed E-state index contributed by atoms with van der Waals surface area (Å²) in [7, 11) is 1.45. The molecule has 31 heavy (non-hydrogen) atoms. The third-order valence-electron chi connectivity index (χ3n) is 4.40. The maximum Gasteiger partial charge on any atom is 0.343 e. The topological polar surface area (TPSA) is 129 Å². The number of nitro groups is 1. The Morgan fingerprint density at radius 3 is 2.65 bits per heavy atom. The molecule has 0 saturated carbocycles. The van der Waals surface area contributed by atoms with Gasteiger partial charge in [-0.05, 0) is 13.8 Å². The van der Waals surface area contributed by atoms with Crippen LogP contribution in [0.4, 0.5) is 23.0 Å². The van der Waals surface area contributed by atoms with Crippen LogP contribution in [0.3, 0.4) is 0 Å². The number of anilines is 3. The van der Waals surface area contributed by atoms with Crippen LogP contribution in [0.25, 0.3) is 0 Å². The molecule has 1 aliphatic rings. The lowest BCUT2D eigenvalue weighted by molar-refractivity contribution is -0.384. The van der Waals surface area contributed by atoms with Crippen LogP contribution in [0.5, 0.6) is 5.75 Å². The number of benzene rings is 1. The summed E-state index contributed by atoms with van der Waals surface area (Å²) < 4.78 is 15.8. The molecule has 1 aliphatic heterocycles. The van der Waals surface area contributed by atoms with Gasteiger partial charge in [0.25, 0.3) is 5.69 Å². The molecular formula is C19H22ClN5O6. The fourth-order valence-corrected chi connectivity index (χ4v) is 3.19. The van der Waals surface area contributed by atoms with Crippen LogP contribution >= 0.6 is 11.6 Å². The molecule has 12 heteroatoms. The van der Waals surface area contributed by atoms with Crippen molar-refractivity contribution in [2.24, 2.45) is 0 Å². The van der Waals surface area contributed by atoms with Gasteiger partial charge in [0.2, 0.25) is 5.95 Å². The van der Waals surface area contributed by atoms with E-state index in [0.717, 1.165) is 0 Å². The number of carbonyl (C=O) groups excluding carboxylic acids is 1. The summed E-state index contributed by atoms with van der Waals surface area (Å²) >= 11 is 6.11. The van der Waals surface area contributed by atoms with Crippen LogP contribution in [-0.4, -0.2) is 60.4 Å². The summed E-state index contributed by atoms with van der Waals surface area (Å²) in [5.41, 5.74) is 0.621. The van der Waals surface area contributed by atoms with Crippen molar-refractivity contribution in [2.45, 2.75) is 20.0 Å². The second-order valence-electron chi connectivity index (χ2n) is 6.87. The van der Waals surface area contributed by atoms with Crippen molar-refractivity contribution in [1.29, 1.82) is 0 Å². The van der Waals surface area contributed by atoms with Crippen molar-refractivity contribution in [3.63, 3.8) is 0 Å². The number of methoxy groups -OCH3 is 1. The van der Waals surface area contributed by atoms with E-state index in [9.17, 15) is 14.9 Å². The Kier molecular flexibility index (Phi) is 7.08. The van der Waals surface area contributed by atoms with Crippen molar-refractivity contribution >= 4 is 40.6 Å². The minimum Gasteiger partial charge on any atom is -0.494 e. The Labute approximate surface area is 183 Å². The summed E-state index contributed by atoms with van der Waals surface area (Å²) in [4.78, 5) is 33.3. The fraction of sp³-hybridized carbons (Fsp3) is 0.421. The van der Waals surface area contributed by atoms with E-state index in [2.05, 4.69) is 15.3 Å². The van der Waals surface area contributed by atoms with E-state index in [1.54, 1.807) is 19.9 Å². The minimum absolute atomic E-state index is 0.0153. The highest BCUT2D eigenvalue weighted by molar-refractivity contribution is 6.32. The third-order valence-corrected chi connectivity index (χ3v) is 4.68. The van der Waals surface area contributed by atoms with Crippen molar-refractivity contribution in [2.75, 3.05) is 43.6 Å². The van der Waals surface area contributed by atoms with Gasteiger partial charge in [0.15, 0.2) is 0 Å². The molecule has 1 fully saturated rings. The predicted octanol–water partition coefficient (Wildman–Crippen LogP) is 3.19. The van der Waals surface area contributed by atoms with Crippen molar-refractivity contribution in [3.05, 3.63) is 39.2 Å². The molecule has 0 spiro atoms. The number of hydrogen-bond acceptors (Lipinski definition) is 10. The quantitative estimate of drug-likeness (QED) is 0.290. The van der Waals surface area contributed by atoms with Gasteiger partial charge in [0, 0.05) is 31.4 Å². The standard InChI is InChI=1S/C19H22ClN5O6/c1-11(2)31-18(26)12-10-21-19(23-17(12)20)22-13-8-15(25(27)28)14(9-16(13)29-3)24-4-6-30-7-5-24/h8-11H,4-7H2,1-3H3,(H,21,22,23). The molecule has 0 aliphatic carbocycles. The Hall–Kier alpha value is -3.18. The second-order valence-corrected chi connectivity index (χ2v) is 7.23. The van der Waals surface area contributed by atoms with Gasteiger partial charge in [0.05, 0.1) is 37.0 Å². The monoisotopic (exact) mass is 451 g/mol. The molecule has 166 valence electrons. The van der Waals surface area contributed by atoms with Crippen LogP contribution in [0.1, 0.15) is 24.2 Å². The number of halogens is 1. The Morgan fingerprint density at radius 2 is 2.06 bits per heavy atom. The number of nitrogens with zero attached hydrogens (tertiary/aromatic N) is 4. The number of carbonyl (C=O) groups is 1. The number of aromatic nitrogens is 2. The summed E-state index contributed by atoms with van der Waals surface area (Å²) in [6, 6.07) is 2.93. The lowest BCUT2D eigenvalue weighted by Crippen LogP contribution is -2.36. The number of ether oxygens (including phenoxy) is 3. The molecule has 1 aromatic carbocycles. The Balaban J connectivity index is 1.92. The van der Waals surface area contributed by atoms with Gasteiger partial charge in [-0.15, -0.1) is 0 Å². The van der Waals surface area contributed by atoms with E-state index in [1.807, 2.05) is 4.90 Å². The van der Waals surface area contributed by atoms with Crippen LogP contribution in [-0.2, 0) is 9.47 Å². The van der Waals surface area contributed by atoms with Crippen molar-refractivity contribution in [1.82, 2.24) is 9.97 Å². The number of nitro benzene ring substituents is 1. The average molecular weight is 452 g/mol. The van der Waals surface area contributed by atoms with E-state index in [-0.39, 0.29) is 34.1 Å². The van der Waals surface area contributed by atoms with Gasteiger partial charge in [-0.25, -0.2) is 9.78 Å². The highest BCUT2D eigenvalue weighted by Gasteiger charge is 2.25. The second kappa shape index (κ2) is 9.75. The van der Waals surface area contributed by atoms with Gasteiger partial charge in [-0.2, -0.15) is 4.98 Å². The number of esters is 1. The highest BCUT2D eigenvalue weighted by atomic mass is 35.5. The normalized spacial score (nSPS) is 13.8. The predicted molar refractivity (Wildman–Crippen MR) is 114 cm³/mol. The van der Waals surface area contributed by atoms with Crippen molar-refractivity contribution in [3.8, 4) is 5.75 Å². The van der Waals surface area contributed by atoms with E-state index in [1.165, 1.54) is 19.4 Å². The van der Waals surface area contributed by atoms with Crippen LogP contribution < -0.4 is 15.0 Å². The average Bonchev–Trinajstić information content (AvgIpc) is 2.73. The molecule has 1 N–H and O–H groups in total. The van der Waals surface area contributed by atoms with Gasteiger partial charge < -0.3 is 24.4 Å². The smallest absolute Gasteiger partial charge is 0.343 e. The van der Waals surface area contributed by atoms with Gasteiger partial charge in [-0.3, -0.25) is 10.1 Å². The van der Waals surface area contributed by atoms with Crippen LogP contribution in [0, 0.1) is 10.1 Å². The van der Waals surface area contributed by atoms with Gasteiger partial charge in [-0.1, -0.05) is 11.6 Å². The molecule has 3 rings (SSSR count). The van der Waals surface area contributed by atoms with Gasteiger partial charge in [0.1, 0.15) is 22.2 Å². The molecule has 2 aromatic rings. The first-order valence-electron chi connectivity index (χ1n) is 9.49. The Bertz CT molecular complexity index is 981. The molecular weight excluding hydrogens is 430 g/mol. The molecule has 0 bridgehead atoms. The van der Waals surface area contributed by atoms with E-state index < -0.39 is 10.9 Å². The summed E-state index contributed by atoms with van der Waals surface area (Å²) in [5.74, 6) is -0.248. The highest BCUT2D eigenvalue weighted by Crippen LogP contribution is 2.39. The molecule has 1 saturated heterocycles. The molecule has 2 heterocycles. The lowest BCUT2D eigenvalue weighted by atomic mass is 10.2. The number of morpholine rings is 1. The third kappa shape index (κ3) is 5.30. The maximum absolute atomic E-state index is 12.0. The molecule has 11 nitrogen and oxygen atoms in total. The van der Waals surface area contributed by atoms with E-state index in [4.69, 9.17) is 25.8 Å². The molecule has 0 radical (unpaired) electrons. The first kappa shape index (κ1) is 22.5. The maximum atomic E-state index is 12.0. The molecule has 0 amide bonds. The summed E-state index contributed by atoms with van der Waals surface area (Å²) in [6.07, 6.45) is 0.905. The SMILES string of the molecule is COc1cc(N2CCOCC2)c([N+](=O)[O-])cc1Nc1ncc(C(=O)OC(C)C)c(Cl)n1. The van der Waals surface area contributed by atoms with Crippen molar-refractivity contribution < 1.29 is 23.9 Å². The Morgan fingerprint density at radius 1 is 1.35 bits per heavy atom. The first-order valence-corrected chi connectivity index (χ1v) is 9.87. The number of nitrogens with one attached hydrogen (secondary N) is 1. The first-order chi connectivity index (χ1) is 14.8. The number of hydrogen-bond donors (Lipinski definition) is 1. The van der Waals surface area contributed by atoms with Crippen LogP contribution in [0.2, 0.25) is 5.15 Å². The summed E-state index contributed by atoms with van der Waals surface area (Å²) in [5, 5.41) is 14.5. The van der Waals surface area contributed by atoms with E-state index in [0.29, 0.717) is 37.7 Å². The molecule has 1 aromatic heterocycles. The van der Waals surface area contributed by atoms with Gasteiger partial charge >= 0.3 is 5.97 Å². The van der Waals surface area contributed by atoms with Crippen LogP contribution in [0.15, 0.2) is 18.3 Å². The van der Waals surface area contributed by atoms with E-state index >= 15 is 0 Å². The fourth-order valence-electron chi connectivity index (χ4n) is 2.98. The summed E-state index contributed by atoms with van der Waals surface area (Å²) in [6.45, 7) is 5.45. The number of rotatable bonds is 7. The zero-order valence-electron chi connectivity index (χ0n) is 17.3.